The van der Waals surface area contributed by atoms with Crippen LogP contribution in [0.4, 0.5) is 11.6 Å². The van der Waals surface area contributed by atoms with Gasteiger partial charge >= 0.3 is 0 Å². The number of pyridine rings is 1. The highest BCUT2D eigenvalue weighted by Crippen LogP contribution is 2.24. The third-order valence-corrected chi connectivity index (χ3v) is 4.86. The van der Waals surface area contributed by atoms with E-state index in [4.69, 9.17) is 0 Å². The minimum atomic E-state index is 0.146. The second kappa shape index (κ2) is 7.08. The van der Waals surface area contributed by atoms with Crippen LogP contribution in [0.15, 0.2) is 55.1 Å². The highest BCUT2D eigenvalue weighted by Gasteiger charge is 2.13. The zero-order chi connectivity index (χ0) is 19.7. The van der Waals surface area contributed by atoms with Gasteiger partial charge in [-0.15, -0.1) is 0 Å². The molecule has 0 saturated carbocycles. The maximum atomic E-state index is 4.48. The Balaban J connectivity index is 1.47. The number of H-pyrrole nitrogens is 1. The van der Waals surface area contributed by atoms with E-state index in [2.05, 4.69) is 83.3 Å². The smallest absolute Gasteiger partial charge is 0.227 e. The molecular formula is C23H25N5. The fourth-order valence-electron chi connectivity index (χ4n) is 3.22. The first-order valence-corrected chi connectivity index (χ1v) is 9.49. The summed E-state index contributed by atoms with van der Waals surface area (Å²) in [4.78, 5) is 16.6. The van der Waals surface area contributed by atoms with Crippen molar-refractivity contribution in [1.29, 1.82) is 0 Å². The number of aromatic amines is 1. The van der Waals surface area contributed by atoms with Crippen LogP contribution in [0.3, 0.4) is 0 Å². The van der Waals surface area contributed by atoms with Crippen LogP contribution in [-0.2, 0) is 11.8 Å². The number of hydrogen-bond donors (Lipinski definition) is 2. The van der Waals surface area contributed by atoms with Gasteiger partial charge in [-0.2, -0.15) is 0 Å². The number of nitrogens with zero attached hydrogens (tertiary/aromatic N) is 3. The molecule has 0 fully saturated rings. The minimum absolute atomic E-state index is 0.146. The van der Waals surface area contributed by atoms with E-state index in [1.807, 2.05) is 24.8 Å². The topological polar surface area (TPSA) is 66.5 Å². The van der Waals surface area contributed by atoms with Crippen molar-refractivity contribution in [1.82, 2.24) is 19.9 Å². The van der Waals surface area contributed by atoms with Gasteiger partial charge in [0.25, 0.3) is 0 Å². The number of rotatable bonds is 4. The normalized spacial score (nSPS) is 11.7. The lowest BCUT2D eigenvalue weighted by atomic mass is 9.87. The van der Waals surface area contributed by atoms with E-state index in [-0.39, 0.29) is 5.41 Å². The Morgan fingerprint density at radius 3 is 2.36 bits per heavy atom. The van der Waals surface area contributed by atoms with E-state index in [0.29, 0.717) is 5.95 Å². The molecule has 0 aliphatic heterocycles. The van der Waals surface area contributed by atoms with Crippen molar-refractivity contribution in [3.05, 3.63) is 77.4 Å². The van der Waals surface area contributed by atoms with Gasteiger partial charge in [-0.1, -0.05) is 32.9 Å². The lowest BCUT2D eigenvalue weighted by molar-refractivity contribution is 0.590. The number of aryl methyl sites for hydroxylation is 1. The summed E-state index contributed by atoms with van der Waals surface area (Å²) < 4.78 is 0. The maximum absolute atomic E-state index is 4.48. The molecule has 0 unspecified atom stereocenters. The van der Waals surface area contributed by atoms with Gasteiger partial charge in [0.1, 0.15) is 5.65 Å². The van der Waals surface area contributed by atoms with Crippen LogP contribution in [0.2, 0.25) is 0 Å². The molecule has 0 radical (unpaired) electrons. The monoisotopic (exact) mass is 371 g/mol. The first-order valence-electron chi connectivity index (χ1n) is 9.49. The van der Waals surface area contributed by atoms with E-state index >= 15 is 0 Å². The van der Waals surface area contributed by atoms with Gasteiger partial charge in [0, 0.05) is 42.3 Å². The average molecular weight is 371 g/mol. The van der Waals surface area contributed by atoms with E-state index in [1.54, 1.807) is 0 Å². The van der Waals surface area contributed by atoms with Crippen LogP contribution >= 0.6 is 0 Å². The number of hydrogen-bond acceptors (Lipinski definition) is 4. The average Bonchev–Trinajstić information content (AvgIpc) is 3.05. The van der Waals surface area contributed by atoms with Crippen LogP contribution in [0.5, 0.6) is 0 Å². The lowest BCUT2D eigenvalue weighted by Crippen LogP contribution is -2.10. The third-order valence-electron chi connectivity index (χ3n) is 4.86. The van der Waals surface area contributed by atoms with Gasteiger partial charge in [0.15, 0.2) is 0 Å². The molecule has 1 aromatic carbocycles. The molecule has 0 saturated heterocycles. The minimum Gasteiger partial charge on any atom is -0.346 e. The molecule has 5 nitrogen and oxygen atoms in total. The molecule has 2 N–H and O–H groups in total. The zero-order valence-electron chi connectivity index (χ0n) is 16.7. The summed E-state index contributed by atoms with van der Waals surface area (Å²) in [5.41, 5.74) is 6.77. The summed E-state index contributed by atoms with van der Waals surface area (Å²) in [5.74, 6) is 0.601. The Morgan fingerprint density at radius 2 is 1.68 bits per heavy atom. The molecular weight excluding hydrogens is 346 g/mol. The van der Waals surface area contributed by atoms with E-state index in [0.717, 1.165) is 34.3 Å². The van der Waals surface area contributed by atoms with Gasteiger partial charge in [0.05, 0.1) is 0 Å². The summed E-state index contributed by atoms with van der Waals surface area (Å²) in [6.07, 6.45) is 8.41. The Kier molecular flexibility index (Phi) is 4.59. The molecule has 5 heteroatoms. The largest absolute Gasteiger partial charge is 0.346 e. The molecule has 3 aromatic heterocycles. The van der Waals surface area contributed by atoms with Crippen LogP contribution in [0.1, 0.15) is 43.0 Å². The Labute approximate surface area is 165 Å². The zero-order valence-corrected chi connectivity index (χ0v) is 16.7. The highest BCUT2D eigenvalue weighted by molar-refractivity contribution is 5.80. The number of anilines is 2. The molecule has 4 rings (SSSR count). The fourth-order valence-corrected chi connectivity index (χ4v) is 3.22. The van der Waals surface area contributed by atoms with E-state index < -0.39 is 0 Å². The van der Waals surface area contributed by atoms with E-state index in [9.17, 15) is 0 Å². The number of benzene rings is 1. The molecule has 28 heavy (non-hydrogen) atoms. The van der Waals surface area contributed by atoms with Gasteiger partial charge in [-0.05, 0) is 52.8 Å². The second-order valence-electron chi connectivity index (χ2n) is 8.27. The second-order valence-corrected chi connectivity index (χ2v) is 8.27. The van der Waals surface area contributed by atoms with Gasteiger partial charge < -0.3 is 10.3 Å². The first kappa shape index (κ1) is 18.2. The van der Waals surface area contributed by atoms with Crippen molar-refractivity contribution < 1.29 is 0 Å². The predicted molar refractivity (Wildman–Crippen MR) is 114 cm³/mol. The Morgan fingerprint density at radius 1 is 0.964 bits per heavy atom. The highest BCUT2D eigenvalue weighted by atomic mass is 15.1. The number of aromatic nitrogens is 4. The summed E-state index contributed by atoms with van der Waals surface area (Å²) in [6.45, 7) is 8.69. The molecule has 0 aliphatic rings. The molecule has 0 spiro atoms. The number of fused-ring (bicyclic) bond motifs is 1. The Bertz CT molecular complexity index is 1090. The molecule has 3 heterocycles. The van der Waals surface area contributed by atoms with Crippen molar-refractivity contribution in [2.45, 2.75) is 39.5 Å². The van der Waals surface area contributed by atoms with Crippen molar-refractivity contribution in [2.75, 3.05) is 5.32 Å². The quantitative estimate of drug-likeness (QED) is 0.511. The van der Waals surface area contributed by atoms with Crippen molar-refractivity contribution in [2.24, 2.45) is 0 Å². The first-order chi connectivity index (χ1) is 13.4. The van der Waals surface area contributed by atoms with Crippen molar-refractivity contribution in [3.63, 3.8) is 0 Å². The van der Waals surface area contributed by atoms with Crippen LogP contribution < -0.4 is 5.32 Å². The summed E-state index contributed by atoms with van der Waals surface area (Å²) in [7, 11) is 0. The van der Waals surface area contributed by atoms with E-state index in [1.165, 1.54) is 11.1 Å². The molecule has 142 valence electrons. The maximum Gasteiger partial charge on any atom is 0.227 e. The van der Waals surface area contributed by atoms with Gasteiger partial charge in [-0.25, -0.2) is 15.0 Å². The summed E-state index contributed by atoms with van der Waals surface area (Å²) in [5, 5.41) is 4.42. The number of nitrogens with one attached hydrogen (secondary N) is 2. The summed E-state index contributed by atoms with van der Waals surface area (Å²) >= 11 is 0. The molecule has 0 aliphatic carbocycles. The molecule has 0 bridgehead atoms. The van der Waals surface area contributed by atoms with Gasteiger partial charge in [0.2, 0.25) is 5.95 Å². The van der Waals surface area contributed by atoms with Gasteiger partial charge in [-0.3, -0.25) is 0 Å². The van der Waals surface area contributed by atoms with Crippen molar-refractivity contribution in [3.8, 4) is 0 Å². The predicted octanol–water partition coefficient (Wildman–Crippen LogP) is 5.29. The molecule has 0 amide bonds. The fraction of sp³-hybridized carbons (Fsp3) is 0.261. The van der Waals surface area contributed by atoms with Crippen LogP contribution in [0, 0.1) is 6.92 Å². The molecule has 0 atom stereocenters. The standard InChI is InChI=1S/C23H25N5/c1-15-9-20-17(14-25-21(20)24-11-15)10-16-12-26-22(27-13-16)28-19-7-5-18(6-8-19)23(2,3)4/h5-9,11-14H,10H2,1-4H3,(H,24,25)(H,26,27,28). The van der Waals surface area contributed by atoms with Crippen molar-refractivity contribution >= 4 is 22.7 Å². The van der Waals surface area contributed by atoms with Crippen LogP contribution in [0.25, 0.3) is 11.0 Å². The lowest BCUT2D eigenvalue weighted by Gasteiger charge is -2.19. The Hall–Kier alpha value is -3.21. The van der Waals surface area contributed by atoms with Crippen LogP contribution in [-0.4, -0.2) is 19.9 Å². The third kappa shape index (κ3) is 3.88. The molecule has 4 aromatic rings. The SMILES string of the molecule is Cc1cnc2[nH]cc(Cc3cnc(Nc4ccc(C(C)(C)C)cc4)nc3)c2c1. The summed E-state index contributed by atoms with van der Waals surface area (Å²) in [6, 6.07) is 10.6.